The molecule has 5 nitrogen and oxygen atoms in total. The highest BCUT2D eigenvalue weighted by Crippen LogP contribution is 2.50. The summed E-state index contributed by atoms with van der Waals surface area (Å²) in [7, 11) is 1.94. The number of amides is 1. The van der Waals surface area contributed by atoms with Crippen molar-refractivity contribution in [3.63, 3.8) is 0 Å². The number of ether oxygens (including phenoxy) is 1. The molecular formula is C28H34N2O3. The van der Waals surface area contributed by atoms with E-state index in [1.807, 2.05) is 66.6 Å². The number of hydrogen-bond acceptors (Lipinski definition) is 4. The Kier molecular flexibility index (Phi) is 6.99. The molecule has 2 aromatic rings. The molecule has 0 bridgehead atoms. The van der Waals surface area contributed by atoms with Gasteiger partial charge < -0.3 is 9.64 Å². The van der Waals surface area contributed by atoms with Crippen LogP contribution < -0.4 is 4.74 Å². The lowest BCUT2D eigenvalue weighted by atomic mass is 9.57. The molecule has 0 radical (unpaired) electrons. The monoisotopic (exact) mass is 446 g/mol. The van der Waals surface area contributed by atoms with Gasteiger partial charge in [0, 0.05) is 44.1 Å². The van der Waals surface area contributed by atoms with Crippen molar-refractivity contribution in [3.8, 4) is 5.75 Å². The Morgan fingerprint density at radius 3 is 2.70 bits per heavy atom. The molecule has 0 spiro atoms. The lowest BCUT2D eigenvalue weighted by molar-refractivity contribution is -0.131. The molecule has 174 valence electrons. The van der Waals surface area contributed by atoms with Crippen LogP contribution in [0.5, 0.6) is 5.75 Å². The van der Waals surface area contributed by atoms with Gasteiger partial charge in [-0.2, -0.15) is 0 Å². The molecule has 2 fully saturated rings. The lowest BCUT2D eigenvalue weighted by Gasteiger charge is -2.54. The molecule has 1 aliphatic carbocycles. The van der Waals surface area contributed by atoms with Crippen LogP contribution in [0.3, 0.4) is 0 Å². The van der Waals surface area contributed by atoms with E-state index >= 15 is 0 Å². The van der Waals surface area contributed by atoms with E-state index in [1.165, 1.54) is 12.5 Å². The Hall–Kier alpha value is -2.92. The van der Waals surface area contributed by atoms with Gasteiger partial charge in [0.1, 0.15) is 5.75 Å². The lowest BCUT2D eigenvalue weighted by Crippen LogP contribution is -2.56. The van der Waals surface area contributed by atoms with Crippen molar-refractivity contribution in [2.75, 3.05) is 26.7 Å². The van der Waals surface area contributed by atoms with Crippen molar-refractivity contribution < 1.29 is 14.3 Å². The van der Waals surface area contributed by atoms with E-state index in [1.54, 1.807) is 0 Å². The Morgan fingerprint density at radius 1 is 1.18 bits per heavy atom. The third kappa shape index (κ3) is 4.88. The fourth-order valence-corrected chi connectivity index (χ4v) is 5.85. The minimum absolute atomic E-state index is 0.0536. The maximum Gasteiger partial charge on any atom is 0.308 e. The van der Waals surface area contributed by atoms with E-state index in [4.69, 9.17) is 4.74 Å². The van der Waals surface area contributed by atoms with E-state index in [0.29, 0.717) is 11.7 Å². The smallest absolute Gasteiger partial charge is 0.308 e. The van der Waals surface area contributed by atoms with Gasteiger partial charge in [-0.15, -0.1) is 6.58 Å². The zero-order valence-electron chi connectivity index (χ0n) is 19.7. The maximum absolute atomic E-state index is 13.2. The Bertz CT molecular complexity index is 1010. The molecule has 3 atom stereocenters. The summed E-state index contributed by atoms with van der Waals surface area (Å²) in [6.45, 7) is 8.26. The largest absolute Gasteiger partial charge is 0.427 e. The molecule has 0 N–H and O–H groups in total. The average molecular weight is 447 g/mol. The van der Waals surface area contributed by atoms with Gasteiger partial charge in [0.15, 0.2) is 0 Å². The number of hydrogen-bond donors (Lipinski definition) is 0. The molecule has 1 saturated carbocycles. The van der Waals surface area contributed by atoms with Gasteiger partial charge in [0.2, 0.25) is 0 Å². The number of nitrogens with zero attached hydrogens (tertiary/aromatic N) is 2. The number of carbonyl (C=O) groups is 2. The first-order chi connectivity index (χ1) is 15.9. The maximum atomic E-state index is 13.2. The van der Waals surface area contributed by atoms with E-state index in [-0.39, 0.29) is 23.3 Å². The number of rotatable bonds is 6. The van der Waals surface area contributed by atoms with Crippen molar-refractivity contribution in [1.82, 2.24) is 9.80 Å². The fraction of sp³-hybridized carbons (Fsp3) is 0.429. The van der Waals surface area contributed by atoms with Gasteiger partial charge in [0.05, 0.1) is 0 Å². The van der Waals surface area contributed by atoms with Crippen LogP contribution in [0, 0.1) is 5.92 Å². The quantitative estimate of drug-likeness (QED) is 0.367. The summed E-state index contributed by atoms with van der Waals surface area (Å²) in [6.07, 6.45) is 5.96. The number of fused-ring (bicyclic) bond motifs is 1. The SMILES string of the molecule is C=CCN1CC[C@@]2(c3cccc(OC(C)=O)c3)C[C@H](N(C)C(=O)c3ccccc3)CC[C@@H]2C1. The highest BCUT2D eigenvalue weighted by Gasteiger charge is 2.49. The van der Waals surface area contributed by atoms with Crippen molar-refractivity contribution >= 4 is 11.9 Å². The number of piperidine rings is 1. The van der Waals surface area contributed by atoms with Crippen LogP contribution in [0.1, 0.15) is 48.5 Å². The van der Waals surface area contributed by atoms with Gasteiger partial charge in [-0.05, 0) is 68.0 Å². The molecule has 1 heterocycles. The zero-order valence-corrected chi connectivity index (χ0v) is 19.7. The van der Waals surface area contributed by atoms with Gasteiger partial charge in [-0.1, -0.05) is 36.4 Å². The van der Waals surface area contributed by atoms with Crippen LogP contribution in [0.4, 0.5) is 0 Å². The number of benzene rings is 2. The predicted molar refractivity (Wildman–Crippen MR) is 130 cm³/mol. The summed E-state index contributed by atoms with van der Waals surface area (Å²) < 4.78 is 5.43. The van der Waals surface area contributed by atoms with Crippen molar-refractivity contribution in [2.24, 2.45) is 5.92 Å². The molecule has 2 aliphatic rings. The van der Waals surface area contributed by atoms with Crippen LogP contribution in [-0.4, -0.2) is 54.4 Å². The minimum atomic E-state index is -0.309. The third-order valence-corrected chi connectivity index (χ3v) is 7.53. The summed E-state index contributed by atoms with van der Waals surface area (Å²) in [5, 5.41) is 0. The minimum Gasteiger partial charge on any atom is -0.427 e. The van der Waals surface area contributed by atoms with Crippen LogP contribution >= 0.6 is 0 Å². The van der Waals surface area contributed by atoms with Gasteiger partial charge in [0.25, 0.3) is 5.91 Å². The summed E-state index contributed by atoms with van der Waals surface area (Å²) in [6, 6.07) is 17.7. The molecular weight excluding hydrogens is 412 g/mol. The second kappa shape index (κ2) is 9.92. The van der Waals surface area contributed by atoms with Crippen molar-refractivity contribution in [2.45, 2.75) is 44.1 Å². The average Bonchev–Trinajstić information content (AvgIpc) is 2.83. The molecule has 5 heteroatoms. The highest BCUT2D eigenvalue weighted by molar-refractivity contribution is 5.94. The molecule has 4 rings (SSSR count). The Balaban J connectivity index is 1.64. The topological polar surface area (TPSA) is 49.9 Å². The molecule has 1 amide bonds. The van der Waals surface area contributed by atoms with Crippen LogP contribution in [-0.2, 0) is 10.2 Å². The normalized spacial score (nSPS) is 25.0. The summed E-state index contributed by atoms with van der Waals surface area (Å²) >= 11 is 0. The third-order valence-electron chi connectivity index (χ3n) is 7.53. The van der Waals surface area contributed by atoms with Crippen LogP contribution in [0.15, 0.2) is 67.3 Å². The van der Waals surface area contributed by atoms with Gasteiger partial charge >= 0.3 is 5.97 Å². The van der Waals surface area contributed by atoms with E-state index < -0.39 is 0 Å². The number of likely N-dealkylation sites (tertiary alicyclic amines) is 1. The zero-order chi connectivity index (χ0) is 23.4. The van der Waals surface area contributed by atoms with Gasteiger partial charge in [-0.25, -0.2) is 0 Å². The molecule has 0 aromatic heterocycles. The van der Waals surface area contributed by atoms with Crippen LogP contribution in [0.2, 0.25) is 0 Å². The first kappa shape index (κ1) is 23.2. The first-order valence-electron chi connectivity index (χ1n) is 11.9. The number of esters is 1. The van der Waals surface area contributed by atoms with E-state index in [0.717, 1.165) is 50.9 Å². The first-order valence-corrected chi connectivity index (χ1v) is 11.9. The predicted octanol–water partition coefficient (Wildman–Crippen LogP) is 4.68. The molecule has 33 heavy (non-hydrogen) atoms. The fourth-order valence-electron chi connectivity index (χ4n) is 5.85. The standard InChI is InChI=1S/C28H34N2O3/c1-4-16-30-17-15-28(23-11-8-12-26(18-23)33-21(2)31)19-25(14-13-24(28)20-30)29(3)27(32)22-9-6-5-7-10-22/h4-12,18,24-25H,1,13-17,19-20H2,2-3H3/t24-,25-,28+/m1/s1. The summed E-state index contributed by atoms with van der Waals surface area (Å²) in [5.41, 5.74) is 1.89. The highest BCUT2D eigenvalue weighted by atomic mass is 16.5. The molecule has 2 aromatic carbocycles. The second-order valence-corrected chi connectivity index (χ2v) is 9.49. The van der Waals surface area contributed by atoms with Gasteiger partial charge in [-0.3, -0.25) is 14.5 Å². The molecule has 0 unspecified atom stereocenters. The van der Waals surface area contributed by atoms with Crippen molar-refractivity contribution in [1.29, 1.82) is 0 Å². The Morgan fingerprint density at radius 2 is 1.97 bits per heavy atom. The summed E-state index contributed by atoms with van der Waals surface area (Å²) in [4.78, 5) is 29.2. The Labute approximate surface area is 197 Å². The van der Waals surface area contributed by atoms with E-state index in [2.05, 4.69) is 17.5 Å². The second-order valence-electron chi connectivity index (χ2n) is 9.49. The number of carbonyl (C=O) groups excluding carboxylic acids is 2. The van der Waals surface area contributed by atoms with Crippen molar-refractivity contribution in [3.05, 3.63) is 78.4 Å². The summed E-state index contributed by atoms with van der Waals surface area (Å²) in [5.74, 6) is 0.844. The van der Waals surface area contributed by atoms with E-state index in [9.17, 15) is 9.59 Å². The molecule has 1 saturated heterocycles. The van der Waals surface area contributed by atoms with Crippen LogP contribution in [0.25, 0.3) is 0 Å². The molecule has 1 aliphatic heterocycles.